The number of rotatable bonds is 4. The Morgan fingerprint density at radius 1 is 1.88 bits per heavy atom. The highest BCUT2D eigenvalue weighted by Gasteiger charge is 1.97. The zero-order chi connectivity index (χ0) is 6.41. The van der Waals surface area contributed by atoms with E-state index in [1.54, 1.807) is 13.2 Å². The van der Waals surface area contributed by atoms with E-state index < -0.39 is 0 Å². The lowest BCUT2D eigenvalue weighted by molar-refractivity contribution is -0.0455. The van der Waals surface area contributed by atoms with Crippen molar-refractivity contribution in [2.24, 2.45) is 0 Å². The Labute approximate surface area is 53.0 Å². The fraction of sp³-hybridized carbons (Fsp3) is 0.600. The molecule has 2 nitrogen and oxygen atoms in total. The van der Waals surface area contributed by atoms with Crippen LogP contribution in [0.25, 0.3) is 0 Å². The molecule has 0 aliphatic rings. The molecule has 0 saturated carbocycles. The number of ether oxygens (including phenoxy) is 1. The number of methoxy groups -OCH3 is 1. The van der Waals surface area contributed by atoms with E-state index in [1.807, 2.05) is 0 Å². The van der Waals surface area contributed by atoms with Crippen molar-refractivity contribution < 1.29 is 9.16 Å². The Bertz CT molecular complexity index is 61.4. The maximum absolute atomic E-state index is 4.99. The van der Waals surface area contributed by atoms with Gasteiger partial charge in [0.2, 0.25) is 0 Å². The fourth-order valence-corrected chi connectivity index (χ4v) is 0.810. The van der Waals surface area contributed by atoms with E-state index in [2.05, 4.69) is 6.58 Å². The van der Waals surface area contributed by atoms with Gasteiger partial charge in [-0.2, -0.15) is 0 Å². The summed E-state index contributed by atoms with van der Waals surface area (Å²) >= 11 is 0. The average Bonchev–Trinajstić information content (AvgIpc) is 1.83. The van der Waals surface area contributed by atoms with Crippen molar-refractivity contribution in [2.45, 2.75) is 12.7 Å². The molecule has 0 N–H and O–H groups in total. The van der Waals surface area contributed by atoms with E-state index >= 15 is 0 Å². The van der Waals surface area contributed by atoms with E-state index in [9.17, 15) is 0 Å². The van der Waals surface area contributed by atoms with Crippen LogP contribution in [0.3, 0.4) is 0 Å². The zero-order valence-corrected chi connectivity index (χ0v) is 7.39. The summed E-state index contributed by atoms with van der Waals surface area (Å²) in [5.41, 5.74) is 0. The van der Waals surface area contributed by atoms with Gasteiger partial charge < -0.3 is 9.16 Å². The van der Waals surface area contributed by atoms with Crippen molar-refractivity contribution in [1.82, 2.24) is 0 Å². The summed E-state index contributed by atoms with van der Waals surface area (Å²) in [6, 6.07) is 0. The molecule has 0 saturated heterocycles. The van der Waals surface area contributed by atoms with Crippen molar-refractivity contribution in [3.63, 3.8) is 0 Å². The van der Waals surface area contributed by atoms with Gasteiger partial charge in [-0.05, 0) is 0 Å². The Hall–Kier alpha value is -0.123. The number of hydrogen-bond donors (Lipinski definition) is 0. The van der Waals surface area contributed by atoms with Crippen molar-refractivity contribution in [2.75, 3.05) is 7.11 Å². The molecule has 0 aromatic rings. The van der Waals surface area contributed by atoms with Crippen LogP contribution in [0, 0.1) is 0 Å². The molecule has 0 heterocycles. The highest BCUT2D eigenvalue weighted by Crippen LogP contribution is 1.95. The molecule has 0 amide bonds. The van der Waals surface area contributed by atoms with E-state index in [0.717, 1.165) is 16.9 Å². The summed E-state index contributed by atoms with van der Waals surface area (Å²) in [5, 5.41) is 0. The molecule has 0 rings (SSSR count). The third-order valence-electron chi connectivity index (χ3n) is 0.885. The van der Waals surface area contributed by atoms with Crippen molar-refractivity contribution in [3.8, 4) is 0 Å². The van der Waals surface area contributed by atoms with Crippen molar-refractivity contribution in [3.05, 3.63) is 12.7 Å². The van der Waals surface area contributed by atoms with Crippen LogP contribution >= 0.6 is 0 Å². The van der Waals surface area contributed by atoms with Crippen LogP contribution in [-0.4, -0.2) is 23.9 Å². The molecule has 3 heteroatoms. The lowest BCUT2D eigenvalue weighted by Crippen LogP contribution is -2.11. The van der Waals surface area contributed by atoms with Crippen LogP contribution in [-0.2, 0) is 9.16 Å². The molecule has 0 aliphatic heterocycles. The smallest absolute Gasteiger partial charge is 0.149 e. The van der Waals surface area contributed by atoms with Crippen LogP contribution in [0.2, 0.25) is 0 Å². The van der Waals surface area contributed by atoms with Gasteiger partial charge in [-0.3, -0.25) is 0 Å². The summed E-state index contributed by atoms with van der Waals surface area (Å²) < 4.78 is 9.87. The van der Waals surface area contributed by atoms with Crippen LogP contribution in [0.1, 0.15) is 6.42 Å². The maximum Gasteiger partial charge on any atom is 0.149 e. The first kappa shape index (κ1) is 7.88. The predicted molar refractivity (Wildman–Crippen MR) is 36.6 cm³/mol. The Morgan fingerprint density at radius 3 is 2.62 bits per heavy atom. The Balaban J connectivity index is 3.20. The highest BCUT2D eigenvalue weighted by atomic mass is 28.2. The SMILES string of the molecule is C=CCC(OC)O[SiH3]. The fourth-order valence-electron chi connectivity index (χ4n) is 0.425. The summed E-state index contributed by atoms with van der Waals surface area (Å²) in [5.74, 6) is 0. The van der Waals surface area contributed by atoms with E-state index in [1.165, 1.54) is 0 Å². The molecule has 1 atom stereocenters. The van der Waals surface area contributed by atoms with Gasteiger partial charge in [0.05, 0.1) is 0 Å². The second-order valence-electron chi connectivity index (χ2n) is 1.43. The second kappa shape index (κ2) is 5.02. The molecule has 0 radical (unpaired) electrons. The van der Waals surface area contributed by atoms with Gasteiger partial charge in [-0.1, -0.05) is 6.08 Å². The number of hydrogen-bond acceptors (Lipinski definition) is 2. The monoisotopic (exact) mass is 132 g/mol. The molecular formula is C5H12O2Si. The molecule has 48 valence electrons. The average molecular weight is 132 g/mol. The molecule has 0 aromatic carbocycles. The second-order valence-corrected chi connectivity index (χ2v) is 1.90. The van der Waals surface area contributed by atoms with Gasteiger partial charge in [0.1, 0.15) is 16.8 Å². The first-order valence-corrected chi connectivity index (χ1v) is 3.33. The zero-order valence-electron chi connectivity index (χ0n) is 5.39. The minimum absolute atomic E-state index is 0.0563. The minimum atomic E-state index is -0.0563. The van der Waals surface area contributed by atoms with Crippen molar-refractivity contribution >= 4 is 10.5 Å². The summed E-state index contributed by atoms with van der Waals surface area (Å²) in [7, 11) is 2.35. The third-order valence-corrected chi connectivity index (χ3v) is 1.41. The van der Waals surface area contributed by atoms with Crippen LogP contribution in [0.5, 0.6) is 0 Å². The standard InChI is InChI=1S/C5H12O2Si/c1-3-4-5(6-2)7-8/h3,5H,1,4H2,2,8H3. The van der Waals surface area contributed by atoms with Gasteiger partial charge in [-0.25, -0.2) is 0 Å². The highest BCUT2D eigenvalue weighted by molar-refractivity contribution is 5.98. The lowest BCUT2D eigenvalue weighted by Gasteiger charge is -2.09. The summed E-state index contributed by atoms with van der Waals surface area (Å²) in [6.07, 6.45) is 2.51. The molecule has 0 fully saturated rings. The molecule has 0 aromatic heterocycles. The van der Waals surface area contributed by atoms with E-state index in [0.29, 0.717) is 0 Å². The first-order chi connectivity index (χ1) is 3.85. The van der Waals surface area contributed by atoms with Crippen LogP contribution in [0.4, 0.5) is 0 Å². The van der Waals surface area contributed by atoms with Gasteiger partial charge >= 0.3 is 0 Å². The molecule has 1 unspecified atom stereocenters. The topological polar surface area (TPSA) is 18.5 Å². The van der Waals surface area contributed by atoms with E-state index in [-0.39, 0.29) is 6.29 Å². The largest absolute Gasteiger partial charge is 0.404 e. The lowest BCUT2D eigenvalue weighted by atomic mass is 10.4. The molecule has 0 spiro atoms. The van der Waals surface area contributed by atoms with Crippen LogP contribution < -0.4 is 0 Å². The minimum Gasteiger partial charge on any atom is -0.404 e. The van der Waals surface area contributed by atoms with Gasteiger partial charge in [0, 0.05) is 13.5 Å². The van der Waals surface area contributed by atoms with Crippen LogP contribution in [0.15, 0.2) is 12.7 Å². The van der Waals surface area contributed by atoms with Gasteiger partial charge in [-0.15, -0.1) is 6.58 Å². The maximum atomic E-state index is 4.99. The predicted octanol–water partition coefficient (Wildman–Crippen LogP) is -0.168. The molecule has 0 bridgehead atoms. The quantitative estimate of drug-likeness (QED) is 0.300. The molecule has 8 heavy (non-hydrogen) atoms. The van der Waals surface area contributed by atoms with Crippen molar-refractivity contribution in [1.29, 1.82) is 0 Å². The summed E-state index contributed by atoms with van der Waals surface area (Å²) in [4.78, 5) is 0. The Kier molecular flexibility index (Phi) is 4.95. The van der Waals surface area contributed by atoms with E-state index in [4.69, 9.17) is 9.16 Å². The normalized spacial score (nSPS) is 13.6. The molecular weight excluding hydrogens is 120 g/mol. The first-order valence-electron chi connectivity index (χ1n) is 2.51. The third kappa shape index (κ3) is 2.96. The summed E-state index contributed by atoms with van der Waals surface area (Å²) in [6.45, 7) is 3.55. The van der Waals surface area contributed by atoms with Gasteiger partial charge in [0.15, 0.2) is 0 Å². The molecule has 0 aliphatic carbocycles. The Morgan fingerprint density at radius 2 is 2.50 bits per heavy atom. The van der Waals surface area contributed by atoms with Gasteiger partial charge in [0.25, 0.3) is 0 Å².